The number of H-pyrrole nitrogens is 1. The van der Waals surface area contributed by atoms with E-state index in [4.69, 9.17) is 0 Å². The molecule has 0 bridgehead atoms. The van der Waals surface area contributed by atoms with E-state index in [9.17, 15) is 8.78 Å². The molecule has 1 saturated heterocycles. The number of nitrogens with zero attached hydrogens (tertiary/aromatic N) is 4. The molecular formula is C18H19BrF2N6. The first-order valence-corrected chi connectivity index (χ1v) is 9.57. The molecule has 4 rings (SSSR count). The second-order valence-corrected chi connectivity index (χ2v) is 7.68. The predicted octanol–water partition coefficient (Wildman–Crippen LogP) is 3.78. The lowest BCUT2D eigenvalue weighted by molar-refractivity contribution is -0.0421. The van der Waals surface area contributed by atoms with Gasteiger partial charge in [0.05, 0.1) is 18.1 Å². The average Bonchev–Trinajstić information content (AvgIpc) is 3.13. The zero-order chi connectivity index (χ0) is 18.9. The number of alkyl halides is 2. The number of hydrogen-bond donors (Lipinski definition) is 2. The minimum atomic E-state index is -2.86. The number of fused-ring (bicyclic) bond motifs is 1. The highest BCUT2D eigenvalue weighted by Gasteiger charge is 2.35. The fourth-order valence-corrected chi connectivity index (χ4v) is 3.64. The Bertz CT molecular complexity index is 906. The van der Waals surface area contributed by atoms with Crippen LogP contribution in [0, 0.1) is 0 Å². The van der Waals surface area contributed by atoms with Gasteiger partial charge in [-0.25, -0.2) is 9.97 Å². The van der Waals surface area contributed by atoms with Crippen LogP contribution in [0.5, 0.6) is 0 Å². The summed E-state index contributed by atoms with van der Waals surface area (Å²) >= 11 is 3.28. The Morgan fingerprint density at radius 1 is 1.19 bits per heavy atom. The van der Waals surface area contributed by atoms with Gasteiger partial charge in [0.15, 0.2) is 5.65 Å². The molecule has 0 saturated carbocycles. The Kier molecular flexibility index (Phi) is 5.05. The number of nitrogens with one attached hydrogen (secondary N) is 2. The summed E-state index contributed by atoms with van der Waals surface area (Å²) in [4.78, 5) is 10.2. The normalized spacial score (nSPS) is 16.7. The van der Waals surface area contributed by atoms with Gasteiger partial charge in [0.25, 0.3) is 5.92 Å². The first-order valence-electron chi connectivity index (χ1n) is 8.78. The summed E-state index contributed by atoms with van der Waals surface area (Å²) in [6.45, 7) is 0.966. The second-order valence-electron chi connectivity index (χ2n) is 6.76. The van der Waals surface area contributed by atoms with Crippen LogP contribution in [-0.2, 0) is 5.92 Å². The van der Waals surface area contributed by atoms with E-state index in [1.54, 1.807) is 18.3 Å². The number of hydrogen-bond acceptors (Lipinski definition) is 5. The van der Waals surface area contributed by atoms with Crippen LogP contribution in [-0.4, -0.2) is 50.7 Å². The third-order valence-electron chi connectivity index (χ3n) is 4.87. The van der Waals surface area contributed by atoms with E-state index in [1.165, 1.54) is 18.5 Å². The maximum absolute atomic E-state index is 14.6. The Labute approximate surface area is 163 Å². The van der Waals surface area contributed by atoms with Crippen molar-refractivity contribution in [3.05, 3.63) is 46.8 Å². The molecule has 1 fully saturated rings. The number of rotatable bonds is 5. The molecular weight excluding hydrogens is 418 g/mol. The highest BCUT2D eigenvalue weighted by molar-refractivity contribution is 9.10. The van der Waals surface area contributed by atoms with E-state index >= 15 is 0 Å². The number of aromatic amines is 1. The Hall–Kier alpha value is -2.13. The third kappa shape index (κ3) is 4.08. The number of aromatic nitrogens is 4. The summed E-state index contributed by atoms with van der Waals surface area (Å²) in [5.41, 5.74) is 0.730. The number of benzene rings is 1. The van der Waals surface area contributed by atoms with Crippen LogP contribution in [0.4, 0.5) is 14.6 Å². The van der Waals surface area contributed by atoms with Gasteiger partial charge in [-0.05, 0) is 25.0 Å². The number of anilines is 1. The molecule has 2 N–H and O–H groups in total. The summed E-state index contributed by atoms with van der Waals surface area (Å²) in [5.74, 6) is -2.14. The summed E-state index contributed by atoms with van der Waals surface area (Å²) in [6, 6.07) is 6.44. The topological polar surface area (TPSA) is 69.7 Å². The van der Waals surface area contributed by atoms with Crippen LogP contribution >= 0.6 is 15.9 Å². The van der Waals surface area contributed by atoms with Gasteiger partial charge < -0.3 is 5.32 Å². The van der Waals surface area contributed by atoms with Crippen molar-refractivity contribution < 1.29 is 8.78 Å². The molecule has 27 heavy (non-hydrogen) atoms. The van der Waals surface area contributed by atoms with Crippen molar-refractivity contribution in [3.63, 3.8) is 0 Å². The fraction of sp³-hybridized carbons (Fsp3) is 0.389. The maximum Gasteiger partial charge on any atom is 0.285 e. The largest absolute Gasteiger partial charge is 0.367 e. The summed E-state index contributed by atoms with van der Waals surface area (Å²) in [6.07, 6.45) is 4.72. The molecule has 142 valence electrons. The predicted molar refractivity (Wildman–Crippen MR) is 103 cm³/mol. The minimum Gasteiger partial charge on any atom is -0.367 e. The van der Waals surface area contributed by atoms with E-state index in [-0.39, 0.29) is 18.2 Å². The molecule has 0 amide bonds. The zero-order valence-electron chi connectivity index (χ0n) is 14.5. The number of halogens is 3. The van der Waals surface area contributed by atoms with Gasteiger partial charge in [-0.1, -0.05) is 28.1 Å². The Morgan fingerprint density at radius 3 is 2.67 bits per heavy atom. The van der Waals surface area contributed by atoms with E-state index in [2.05, 4.69) is 41.4 Å². The lowest BCUT2D eigenvalue weighted by Crippen LogP contribution is -2.43. The molecule has 6 nitrogen and oxygen atoms in total. The van der Waals surface area contributed by atoms with Crippen LogP contribution in [0.25, 0.3) is 11.0 Å². The fourth-order valence-electron chi connectivity index (χ4n) is 3.37. The van der Waals surface area contributed by atoms with E-state index in [0.717, 1.165) is 28.5 Å². The van der Waals surface area contributed by atoms with Crippen molar-refractivity contribution in [2.24, 2.45) is 0 Å². The molecule has 2 aromatic heterocycles. The van der Waals surface area contributed by atoms with Crippen molar-refractivity contribution in [2.45, 2.75) is 24.8 Å². The first-order chi connectivity index (χ1) is 13.0. The van der Waals surface area contributed by atoms with E-state index in [1.807, 2.05) is 4.90 Å². The number of likely N-dealkylation sites (tertiary alicyclic amines) is 1. The minimum absolute atomic E-state index is 0.0503. The van der Waals surface area contributed by atoms with Gasteiger partial charge in [0.2, 0.25) is 0 Å². The van der Waals surface area contributed by atoms with Crippen molar-refractivity contribution >= 4 is 32.8 Å². The van der Waals surface area contributed by atoms with Crippen molar-refractivity contribution in [3.8, 4) is 0 Å². The van der Waals surface area contributed by atoms with Gasteiger partial charge in [-0.2, -0.15) is 13.9 Å². The van der Waals surface area contributed by atoms with Gasteiger partial charge >= 0.3 is 0 Å². The van der Waals surface area contributed by atoms with Gasteiger partial charge in [0.1, 0.15) is 12.1 Å². The summed E-state index contributed by atoms with van der Waals surface area (Å²) in [7, 11) is 0. The standard InChI is InChI=1S/C18H19BrF2N6/c19-13-3-1-12(2-4-13)18(20,21)10-27-7-5-14(6-8-27)25-16-15-9-24-26-17(15)23-11-22-16/h1-4,9,11,14H,5-8,10H2,(H2,22,23,24,25,26). The first kappa shape index (κ1) is 18.2. The van der Waals surface area contributed by atoms with Crippen molar-refractivity contribution in [1.29, 1.82) is 0 Å². The SMILES string of the molecule is FC(F)(CN1CCC(Nc2ncnc3[nH]ncc23)CC1)c1ccc(Br)cc1. The molecule has 0 aliphatic carbocycles. The molecule has 1 aromatic carbocycles. The molecule has 1 aliphatic heterocycles. The quantitative estimate of drug-likeness (QED) is 0.636. The molecule has 0 atom stereocenters. The lowest BCUT2D eigenvalue weighted by Gasteiger charge is -2.34. The Morgan fingerprint density at radius 2 is 1.93 bits per heavy atom. The van der Waals surface area contributed by atoms with Crippen LogP contribution in [0.15, 0.2) is 41.3 Å². The second kappa shape index (κ2) is 7.47. The Balaban J connectivity index is 1.35. The molecule has 3 heterocycles. The number of piperidine rings is 1. The molecule has 3 aromatic rings. The smallest absolute Gasteiger partial charge is 0.285 e. The van der Waals surface area contributed by atoms with Crippen LogP contribution in [0.3, 0.4) is 0 Å². The molecule has 0 radical (unpaired) electrons. The van der Waals surface area contributed by atoms with Gasteiger partial charge in [-0.15, -0.1) is 0 Å². The zero-order valence-corrected chi connectivity index (χ0v) is 16.1. The van der Waals surface area contributed by atoms with Gasteiger partial charge in [0, 0.05) is 29.2 Å². The third-order valence-corrected chi connectivity index (χ3v) is 5.39. The monoisotopic (exact) mass is 436 g/mol. The maximum atomic E-state index is 14.6. The van der Waals surface area contributed by atoms with Gasteiger partial charge in [-0.3, -0.25) is 10.00 Å². The summed E-state index contributed by atoms with van der Waals surface area (Å²) in [5, 5.41) is 11.0. The molecule has 0 spiro atoms. The average molecular weight is 437 g/mol. The van der Waals surface area contributed by atoms with Crippen LogP contribution in [0.2, 0.25) is 0 Å². The lowest BCUT2D eigenvalue weighted by atomic mass is 10.0. The van der Waals surface area contributed by atoms with E-state index < -0.39 is 5.92 Å². The van der Waals surface area contributed by atoms with Crippen LogP contribution < -0.4 is 5.32 Å². The van der Waals surface area contributed by atoms with E-state index in [0.29, 0.717) is 18.7 Å². The summed E-state index contributed by atoms with van der Waals surface area (Å²) < 4.78 is 29.9. The van der Waals surface area contributed by atoms with Crippen LogP contribution in [0.1, 0.15) is 18.4 Å². The van der Waals surface area contributed by atoms with Crippen molar-refractivity contribution in [1.82, 2.24) is 25.1 Å². The highest BCUT2D eigenvalue weighted by Crippen LogP contribution is 2.31. The van der Waals surface area contributed by atoms with Crippen molar-refractivity contribution in [2.75, 3.05) is 25.0 Å². The highest BCUT2D eigenvalue weighted by atomic mass is 79.9. The molecule has 1 aliphatic rings. The molecule has 9 heteroatoms. The molecule has 0 unspecified atom stereocenters.